The van der Waals surface area contributed by atoms with E-state index in [4.69, 9.17) is 20.6 Å². The van der Waals surface area contributed by atoms with Crippen LogP contribution < -0.4 is 21.5 Å². The van der Waals surface area contributed by atoms with Gasteiger partial charge in [0.05, 0.1) is 12.8 Å². The van der Waals surface area contributed by atoms with E-state index in [-0.39, 0.29) is 5.91 Å². The molecule has 0 saturated carbocycles. The van der Waals surface area contributed by atoms with E-state index in [1.54, 1.807) is 7.11 Å². The molecule has 4 rings (SSSR count). The van der Waals surface area contributed by atoms with Crippen LogP contribution >= 0.6 is 0 Å². The summed E-state index contributed by atoms with van der Waals surface area (Å²) in [5.41, 5.74) is 16.7. The van der Waals surface area contributed by atoms with Crippen LogP contribution in [-0.2, 0) is 11.2 Å². The van der Waals surface area contributed by atoms with Crippen molar-refractivity contribution in [1.29, 1.82) is 0 Å². The van der Waals surface area contributed by atoms with Crippen molar-refractivity contribution in [1.82, 2.24) is 10.3 Å². The quantitative estimate of drug-likeness (QED) is 0.105. The molecule has 2 aromatic carbocycles. The maximum absolute atomic E-state index is 10.1. The lowest BCUT2D eigenvalue weighted by Gasteiger charge is -2.09. The maximum Gasteiger partial charge on any atom is 0.217 e. The number of rotatable bonds is 9. The highest BCUT2D eigenvalue weighted by atomic mass is 16.5. The van der Waals surface area contributed by atoms with Crippen LogP contribution in [0.2, 0.25) is 0 Å². The summed E-state index contributed by atoms with van der Waals surface area (Å²) in [4.78, 5) is 17.9. The van der Waals surface area contributed by atoms with Crippen molar-refractivity contribution in [3.63, 3.8) is 0 Å². The molecule has 0 saturated heterocycles. The van der Waals surface area contributed by atoms with Gasteiger partial charge in [0.1, 0.15) is 17.1 Å². The molecule has 0 aliphatic heterocycles. The van der Waals surface area contributed by atoms with Crippen molar-refractivity contribution >= 4 is 39.4 Å². The Kier molecular flexibility index (Phi) is 12.1. The molecular formula is C31H43N5O3. The van der Waals surface area contributed by atoms with Crippen molar-refractivity contribution in [3.8, 4) is 5.75 Å². The average molecular weight is 534 g/mol. The fraction of sp³-hybridized carbons (Fsp3) is 0.355. The molecule has 0 atom stereocenters. The highest BCUT2D eigenvalue weighted by Crippen LogP contribution is 2.27. The van der Waals surface area contributed by atoms with Gasteiger partial charge in [-0.2, -0.15) is 0 Å². The summed E-state index contributed by atoms with van der Waals surface area (Å²) >= 11 is 0. The van der Waals surface area contributed by atoms with Gasteiger partial charge in [-0.15, -0.1) is 0 Å². The largest absolute Gasteiger partial charge is 0.497 e. The smallest absolute Gasteiger partial charge is 0.217 e. The number of guanidine groups is 1. The number of aromatic amines is 1. The van der Waals surface area contributed by atoms with E-state index in [9.17, 15) is 4.79 Å². The number of nitrogens with one attached hydrogen (secondary N) is 2. The number of hydrogen-bond donors (Lipinski definition) is 4. The molecule has 0 bridgehead atoms. The minimum Gasteiger partial charge on any atom is -0.497 e. The second-order valence-electron chi connectivity index (χ2n) is 9.05. The van der Waals surface area contributed by atoms with E-state index in [0.29, 0.717) is 18.8 Å². The van der Waals surface area contributed by atoms with Gasteiger partial charge in [-0.1, -0.05) is 40.2 Å². The molecule has 210 valence electrons. The van der Waals surface area contributed by atoms with Crippen LogP contribution in [0.25, 0.3) is 21.9 Å². The van der Waals surface area contributed by atoms with E-state index >= 15 is 0 Å². The highest BCUT2D eigenvalue weighted by molar-refractivity contribution is 5.88. The monoisotopic (exact) mass is 533 g/mol. The second kappa shape index (κ2) is 15.3. The summed E-state index contributed by atoms with van der Waals surface area (Å²) in [7, 11) is 1.66. The Morgan fingerprint density at radius 3 is 2.51 bits per heavy atom. The number of methoxy groups -OCH3 is 1. The number of ether oxygens (including phenoxy) is 1. The molecule has 8 nitrogen and oxygen atoms in total. The molecule has 0 unspecified atom stereocenters. The molecule has 2 aromatic heterocycles. The first-order valence-electron chi connectivity index (χ1n) is 13.4. The van der Waals surface area contributed by atoms with Gasteiger partial charge in [0.25, 0.3) is 0 Å². The summed E-state index contributed by atoms with van der Waals surface area (Å²) in [6, 6.07) is 13.7. The molecule has 0 spiro atoms. The number of unbranched alkanes of at least 4 members (excludes halogenated alkanes) is 2. The lowest BCUT2D eigenvalue weighted by molar-refractivity contribution is -0.118. The summed E-state index contributed by atoms with van der Waals surface area (Å²) in [6.07, 6.45) is 4.39. The van der Waals surface area contributed by atoms with Gasteiger partial charge in [0.15, 0.2) is 5.96 Å². The fourth-order valence-electron chi connectivity index (χ4n) is 4.11. The Morgan fingerprint density at radius 2 is 1.85 bits per heavy atom. The van der Waals surface area contributed by atoms with Gasteiger partial charge in [-0.05, 0) is 62.2 Å². The lowest BCUT2D eigenvalue weighted by atomic mass is 10.1. The van der Waals surface area contributed by atoms with Gasteiger partial charge in [-0.3, -0.25) is 4.79 Å². The zero-order chi connectivity index (χ0) is 28.9. The van der Waals surface area contributed by atoms with Crippen LogP contribution in [-0.4, -0.2) is 24.0 Å². The number of nitrogens with two attached hydrogens (primary N) is 2. The van der Waals surface area contributed by atoms with Crippen molar-refractivity contribution in [2.24, 2.45) is 16.5 Å². The van der Waals surface area contributed by atoms with Crippen LogP contribution in [0.4, 0.5) is 5.69 Å². The zero-order valence-corrected chi connectivity index (χ0v) is 24.1. The van der Waals surface area contributed by atoms with E-state index in [1.807, 2.05) is 57.2 Å². The number of aryl methyl sites for hydroxylation is 2. The number of amides is 1. The molecule has 0 aliphatic carbocycles. The number of H-pyrrole nitrogens is 1. The molecule has 8 heteroatoms. The molecule has 4 aromatic rings. The number of allylic oxidation sites excluding steroid dienone is 1. The standard InChI is InChI=1S/C23H24N4O2.C6H13NO.C2H6/c1-13(9-20-15(3)26-21-12-18(28-4)6-7-19(20)21)25-23(24)27-17-5-8-22-16(11-17)10-14(2)29-22;1-2-3-4-5-6(7)8;1-2/h5-8,10-12,26H,1,9H2,2-4H3,(H3,24,25,27);2-5H2,1H3,(H2,7,8);1-2H3. The molecule has 39 heavy (non-hydrogen) atoms. The predicted octanol–water partition coefficient (Wildman–Crippen LogP) is 6.91. The normalized spacial score (nSPS) is 10.9. The van der Waals surface area contributed by atoms with Crippen LogP contribution in [0, 0.1) is 13.8 Å². The molecule has 0 fully saturated rings. The van der Waals surface area contributed by atoms with Crippen LogP contribution in [0.5, 0.6) is 5.75 Å². The summed E-state index contributed by atoms with van der Waals surface area (Å²) in [6.45, 7) is 14.2. The van der Waals surface area contributed by atoms with Crippen LogP contribution in [0.1, 0.15) is 63.5 Å². The third-order valence-electron chi connectivity index (χ3n) is 5.92. The molecule has 0 radical (unpaired) electrons. The minimum atomic E-state index is -0.182. The number of aliphatic imine (C=N–C) groups is 1. The first-order valence-corrected chi connectivity index (χ1v) is 13.4. The molecule has 0 aliphatic rings. The number of primary amides is 1. The minimum absolute atomic E-state index is 0.182. The van der Waals surface area contributed by atoms with Crippen LogP contribution in [0.15, 0.2) is 64.2 Å². The van der Waals surface area contributed by atoms with Crippen molar-refractivity contribution in [2.45, 2.75) is 66.7 Å². The third-order valence-corrected chi connectivity index (χ3v) is 5.92. The van der Waals surface area contributed by atoms with Gasteiger partial charge >= 0.3 is 0 Å². The molecular weight excluding hydrogens is 490 g/mol. The molecule has 6 N–H and O–H groups in total. The Hall–Kier alpha value is -4.20. The van der Waals surface area contributed by atoms with E-state index < -0.39 is 0 Å². The fourth-order valence-corrected chi connectivity index (χ4v) is 4.11. The Morgan fingerprint density at radius 1 is 1.10 bits per heavy atom. The average Bonchev–Trinajstić information content (AvgIpc) is 3.42. The topological polar surface area (TPSA) is 132 Å². The van der Waals surface area contributed by atoms with E-state index in [0.717, 1.165) is 69.7 Å². The first-order chi connectivity index (χ1) is 18.7. The van der Waals surface area contributed by atoms with E-state index in [1.165, 1.54) is 5.56 Å². The van der Waals surface area contributed by atoms with Gasteiger partial charge in [0, 0.05) is 46.6 Å². The number of hydrogen-bond acceptors (Lipinski definition) is 4. The number of nitrogens with zero attached hydrogens (tertiary/aromatic N) is 1. The number of benzene rings is 2. The van der Waals surface area contributed by atoms with Gasteiger partial charge in [0.2, 0.25) is 5.91 Å². The number of furan rings is 1. The zero-order valence-electron chi connectivity index (χ0n) is 24.1. The summed E-state index contributed by atoms with van der Waals surface area (Å²) in [5, 5.41) is 5.25. The van der Waals surface area contributed by atoms with Crippen molar-refractivity contribution < 1.29 is 13.9 Å². The van der Waals surface area contributed by atoms with Gasteiger partial charge < -0.3 is 30.9 Å². The number of carbonyl (C=O) groups is 1. The molecule has 1 amide bonds. The van der Waals surface area contributed by atoms with Crippen molar-refractivity contribution in [2.75, 3.05) is 7.11 Å². The Labute approximate surface area is 231 Å². The SMILES string of the molecule is C=C(Cc1c(C)[nH]c2cc(OC)ccc12)NC(N)=Nc1ccc2oc(C)cc2c1.CC.CCCCCC(N)=O. The Balaban J connectivity index is 0.000000460. The highest BCUT2D eigenvalue weighted by Gasteiger charge is 2.11. The third kappa shape index (κ3) is 9.25. The first kappa shape index (κ1) is 31.0. The van der Waals surface area contributed by atoms with E-state index in [2.05, 4.69) is 41.8 Å². The summed E-state index contributed by atoms with van der Waals surface area (Å²) < 4.78 is 10.9. The lowest BCUT2D eigenvalue weighted by Crippen LogP contribution is -2.31. The van der Waals surface area contributed by atoms with Crippen molar-refractivity contribution in [3.05, 3.63) is 71.8 Å². The second-order valence-corrected chi connectivity index (χ2v) is 9.05. The molecule has 2 heterocycles. The Bertz CT molecular complexity index is 1410. The number of fused-ring (bicyclic) bond motifs is 2. The summed E-state index contributed by atoms with van der Waals surface area (Å²) in [5.74, 6) is 1.81. The van der Waals surface area contributed by atoms with Gasteiger partial charge in [-0.25, -0.2) is 4.99 Å². The predicted molar refractivity (Wildman–Crippen MR) is 162 cm³/mol. The maximum atomic E-state index is 10.1. The number of carbonyl (C=O) groups excluding carboxylic acids is 1. The number of aromatic nitrogens is 1. The van der Waals surface area contributed by atoms with Crippen LogP contribution in [0.3, 0.4) is 0 Å².